The molecule has 0 aliphatic heterocycles. The summed E-state index contributed by atoms with van der Waals surface area (Å²) in [6.07, 6.45) is 5.17. The molecule has 1 rings (SSSR count). The van der Waals surface area contributed by atoms with Crippen LogP contribution in [0.2, 0.25) is 0 Å². The van der Waals surface area contributed by atoms with Gasteiger partial charge in [0.1, 0.15) is 0 Å². The van der Waals surface area contributed by atoms with E-state index in [1.807, 2.05) is 0 Å². The van der Waals surface area contributed by atoms with Crippen molar-refractivity contribution >= 4 is 11.6 Å². The molecule has 0 N–H and O–H groups in total. The minimum Gasteiger partial charge on any atom is -1.00 e. The van der Waals surface area contributed by atoms with Crippen LogP contribution in [0.5, 0.6) is 0 Å². The fourth-order valence-electron chi connectivity index (χ4n) is 0.810. The Morgan fingerprint density at radius 2 is 1.80 bits per heavy atom. The first kappa shape index (κ1) is 10.3. The molecule has 3 heteroatoms. The molecule has 0 aromatic heterocycles. The number of rotatable bonds is 1. The summed E-state index contributed by atoms with van der Waals surface area (Å²) in [6.45, 7) is 0. The monoisotopic (exact) mass is 181 g/mol. The first-order chi connectivity index (χ1) is 3.96. The Morgan fingerprint density at radius 1 is 1.40 bits per heavy atom. The zero-order valence-corrected chi connectivity index (χ0v) is 8.08. The van der Waals surface area contributed by atoms with Gasteiger partial charge in [-0.2, -0.15) is 0 Å². The lowest BCUT2D eigenvalue weighted by Gasteiger charge is -2.42. The van der Waals surface area contributed by atoms with Crippen LogP contribution in [0, 0.1) is 0 Å². The summed E-state index contributed by atoms with van der Waals surface area (Å²) in [5, 5.41) is 0. The Hall–Kier alpha value is 0.280. The first-order valence-electron chi connectivity index (χ1n) is 3.14. The Kier molecular flexibility index (Phi) is 2.80. The van der Waals surface area contributed by atoms with Crippen molar-refractivity contribution in [2.75, 3.05) is 21.1 Å². The highest BCUT2D eigenvalue weighted by Gasteiger charge is 2.41. The summed E-state index contributed by atoms with van der Waals surface area (Å²) >= 11 is 6.17. The number of alkyl halides is 1. The van der Waals surface area contributed by atoms with Crippen molar-refractivity contribution in [1.29, 1.82) is 0 Å². The number of hydrogen-bond donors (Lipinski definition) is 0. The van der Waals surface area contributed by atoms with Crippen LogP contribution in [0.15, 0.2) is 12.2 Å². The Labute approximate surface area is 73.7 Å². The van der Waals surface area contributed by atoms with Crippen LogP contribution in [0.1, 0.15) is 6.42 Å². The van der Waals surface area contributed by atoms with Crippen molar-refractivity contribution in [3.05, 3.63) is 12.2 Å². The summed E-state index contributed by atoms with van der Waals surface area (Å²) in [5.74, 6) is 0. The molecule has 0 saturated carbocycles. The van der Waals surface area contributed by atoms with E-state index in [-0.39, 0.29) is 17.4 Å². The van der Waals surface area contributed by atoms with Gasteiger partial charge in [0, 0.05) is 6.42 Å². The quantitative estimate of drug-likeness (QED) is 0.202. The van der Waals surface area contributed by atoms with Crippen molar-refractivity contribution in [2.24, 2.45) is 0 Å². The number of halogens is 2. The van der Waals surface area contributed by atoms with E-state index < -0.39 is 0 Å². The summed E-state index contributed by atoms with van der Waals surface area (Å²) in [7, 11) is 6.32. The normalized spacial score (nSPS) is 30.8. The van der Waals surface area contributed by atoms with Crippen molar-refractivity contribution in [1.82, 2.24) is 0 Å². The summed E-state index contributed by atoms with van der Waals surface area (Å²) in [4.78, 5) is -0.111. The van der Waals surface area contributed by atoms with Crippen molar-refractivity contribution in [2.45, 2.75) is 11.4 Å². The Morgan fingerprint density at radius 3 is 1.80 bits per heavy atom. The maximum atomic E-state index is 6.17. The first-order valence-corrected chi connectivity index (χ1v) is 3.52. The van der Waals surface area contributed by atoms with Gasteiger partial charge in [-0.25, -0.2) is 0 Å². The zero-order valence-electron chi connectivity index (χ0n) is 6.56. The van der Waals surface area contributed by atoms with E-state index in [0.717, 1.165) is 10.9 Å². The molecule has 1 aliphatic rings. The molecule has 1 unspecified atom stereocenters. The fourth-order valence-corrected chi connectivity index (χ4v) is 0.988. The molecule has 0 aromatic rings. The van der Waals surface area contributed by atoms with Crippen LogP contribution in [0.3, 0.4) is 0 Å². The molecular weight excluding hydrogens is 169 g/mol. The zero-order chi connectivity index (χ0) is 7.12. The summed E-state index contributed by atoms with van der Waals surface area (Å²) in [5.41, 5.74) is 0. The second kappa shape index (κ2) is 2.72. The third-order valence-corrected chi connectivity index (χ3v) is 2.68. The minimum absolute atomic E-state index is 0. The number of nitrogens with zero attached hydrogens (tertiary/aromatic N) is 1. The molecule has 10 heavy (non-hydrogen) atoms. The maximum absolute atomic E-state index is 6.17. The molecule has 0 fully saturated rings. The minimum atomic E-state index is -0.111. The van der Waals surface area contributed by atoms with Gasteiger partial charge in [0.25, 0.3) is 0 Å². The Bertz CT molecular complexity index is 148. The van der Waals surface area contributed by atoms with E-state index in [9.17, 15) is 0 Å². The molecule has 0 spiro atoms. The maximum Gasteiger partial charge on any atom is 0.196 e. The van der Waals surface area contributed by atoms with Gasteiger partial charge in [-0.3, -0.25) is 0 Å². The van der Waals surface area contributed by atoms with Crippen LogP contribution >= 0.6 is 11.6 Å². The molecule has 60 valence electrons. The van der Waals surface area contributed by atoms with Gasteiger partial charge in [-0.15, -0.1) is 0 Å². The summed E-state index contributed by atoms with van der Waals surface area (Å²) in [6, 6.07) is 0. The molecule has 0 radical (unpaired) electrons. The Balaban J connectivity index is 0.000000810. The van der Waals surface area contributed by atoms with E-state index in [4.69, 9.17) is 11.6 Å². The van der Waals surface area contributed by atoms with E-state index in [1.54, 1.807) is 0 Å². The largest absolute Gasteiger partial charge is 1.00 e. The molecular formula is C7H13Cl2N. The summed E-state index contributed by atoms with van der Waals surface area (Å²) < 4.78 is 0.811. The second-order valence-electron chi connectivity index (χ2n) is 3.44. The van der Waals surface area contributed by atoms with Gasteiger partial charge in [-0.05, 0) is 17.7 Å². The predicted molar refractivity (Wildman–Crippen MR) is 40.4 cm³/mol. The topological polar surface area (TPSA) is 0 Å². The lowest BCUT2D eigenvalue weighted by atomic mass is 10.0. The van der Waals surface area contributed by atoms with Gasteiger partial charge in [-0.1, -0.05) is 6.08 Å². The van der Waals surface area contributed by atoms with Crippen molar-refractivity contribution in [3.8, 4) is 0 Å². The van der Waals surface area contributed by atoms with Gasteiger partial charge in [0.2, 0.25) is 0 Å². The van der Waals surface area contributed by atoms with Gasteiger partial charge >= 0.3 is 0 Å². The second-order valence-corrected chi connectivity index (χ2v) is 4.09. The SMILES string of the molecule is C[N+](C)(C)C1(Cl)C=CC1.[Cl-]. The molecule has 1 atom stereocenters. The molecule has 0 bridgehead atoms. The van der Waals surface area contributed by atoms with Crippen LogP contribution in [0.25, 0.3) is 0 Å². The number of likely N-dealkylation sites (N-methyl/N-ethyl adjacent to an activating group) is 1. The lowest BCUT2D eigenvalue weighted by molar-refractivity contribution is -0.902. The van der Waals surface area contributed by atoms with Gasteiger partial charge in [0.05, 0.1) is 21.1 Å². The average molecular weight is 182 g/mol. The van der Waals surface area contributed by atoms with E-state index in [1.165, 1.54) is 0 Å². The van der Waals surface area contributed by atoms with E-state index in [0.29, 0.717) is 0 Å². The van der Waals surface area contributed by atoms with Crippen LogP contribution in [0.4, 0.5) is 0 Å². The van der Waals surface area contributed by atoms with Crippen LogP contribution in [-0.2, 0) is 0 Å². The third kappa shape index (κ3) is 1.47. The number of hydrogen-bond acceptors (Lipinski definition) is 0. The molecule has 0 amide bonds. The lowest BCUT2D eigenvalue weighted by Crippen LogP contribution is -3.00. The third-order valence-electron chi connectivity index (χ3n) is 1.89. The molecule has 1 aliphatic carbocycles. The van der Waals surface area contributed by atoms with Gasteiger partial charge < -0.3 is 16.9 Å². The van der Waals surface area contributed by atoms with Crippen LogP contribution in [-0.4, -0.2) is 30.6 Å². The average Bonchev–Trinajstić information content (AvgIpc) is 1.57. The highest BCUT2D eigenvalue weighted by atomic mass is 35.5. The molecule has 0 aromatic carbocycles. The van der Waals surface area contributed by atoms with Gasteiger partial charge in [0.15, 0.2) is 5.00 Å². The smallest absolute Gasteiger partial charge is 0.196 e. The van der Waals surface area contributed by atoms with Crippen molar-refractivity contribution in [3.63, 3.8) is 0 Å². The fraction of sp³-hybridized carbons (Fsp3) is 0.714. The molecule has 1 nitrogen and oxygen atoms in total. The number of quaternary nitrogens is 1. The molecule has 0 saturated heterocycles. The standard InChI is InChI=1S/C7H13ClN.ClH/c1-9(2,3)7(8)5-4-6-7;/h4-5H,6H2,1-3H3;1H/q+1;/p-1. The van der Waals surface area contributed by atoms with Crippen LogP contribution < -0.4 is 12.4 Å². The highest BCUT2D eigenvalue weighted by molar-refractivity contribution is 6.24. The predicted octanol–water partition coefficient (Wildman–Crippen LogP) is -1.41. The van der Waals surface area contributed by atoms with Crippen molar-refractivity contribution < 1.29 is 16.9 Å². The highest BCUT2D eigenvalue weighted by Crippen LogP contribution is 2.36. The van der Waals surface area contributed by atoms with E-state index in [2.05, 4.69) is 33.3 Å². The molecule has 0 heterocycles. The van der Waals surface area contributed by atoms with E-state index >= 15 is 0 Å².